The van der Waals surface area contributed by atoms with Crippen LogP contribution in [0.1, 0.15) is 20.8 Å². The Labute approximate surface area is 115 Å². The quantitative estimate of drug-likeness (QED) is 0.923. The molecule has 1 rings (SSSR count). The summed E-state index contributed by atoms with van der Waals surface area (Å²) in [5, 5.41) is 3.40. The van der Waals surface area contributed by atoms with E-state index in [4.69, 9.17) is 16.3 Å². The molecule has 94 valence electrons. The molecule has 0 aromatic heterocycles. The fourth-order valence-electron chi connectivity index (χ4n) is 1.22. The average Bonchev–Trinajstić information content (AvgIpc) is 2.21. The zero-order valence-electron chi connectivity index (χ0n) is 9.96. The lowest BCUT2D eigenvalue weighted by molar-refractivity contribution is -0.127. The molecular weight excluding hydrogens is 305 g/mol. The number of benzene rings is 1. The van der Waals surface area contributed by atoms with Crippen LogP contribution in [-0.2, 0) is 4.79 Å². The number of hydrogen-bond acceptors (Lipinski definition) is 2. The molecule has 0 saturated carbocycles. The van der Waals surface area contributed by atoms with Crippen LogP contribution in [0.15, 0.2) is 22.7 Å². The van der Waals surface area contributed by atoms with Gasteiger partial charge in [0.15, 0.2) is 6.10 Å². The third-order valence-corrected chi connectivity index (χ3v) is 2.85. The number of halogens is 2. The molecule has 1 N–H and O–H groups in total. The Morgan fingerprint density at radius 2 is 2.06 bits per heavy atom. The van der Waals surface area contributed by atoms with Crippen molar-refractivity contribution < 1.29 is 9.53 Å². The van der Waals surface area contributed by atoms with Gasteiger partial charge in [-0.3, -0.25) is 4.79 Å². The Kier molecular flexibility index (Phi) is 5.28. The monoisotopic (exact) mass is 319 g/mol. The average molecular weight is 321 g/mol. The second-order valence-electron chi connectivity index (χ2n) is 4.00. The molecule has 17 heavy (non-hydrogen) atoms. The Bertz CT molecular complexity index is 409. The zero-order chi connectivity index (χ0) is 13.0. The molecule has 1 amide bonds. The van der Waals surface area contributed by atoms with Crippen molar-refractivity contribution >= 4 is 33.4 Å². The molecule has 5 heteroatoms. The van der Waals surface area contributed by atoms with E-state index in [2.05, 4.69) is 21.2 Å². The second kappa shape index (κ2) is 6.26. The molecule has 0 fully saturated rings. The minimum Gasteiger partial charge on any atom is -0.480 e. The van der Waals surface area contributed by atoms with Gasteiger partial charge >= 0.3 is 0 Å². The van der Waals surface area contributed by atoms with Crippen molar-refractivity contribution in [3.8, 4) is 5.75 Å². The molecule has 1 atom stereocenters. The highest BCUT2D eigenvalue weighted by molar-refractivity contribution is 9.10. The van der Waals surface area contributed by atoms with Crippen molar-refractivity contribution in [2.75, 3.05) is 0 Å². The molecule has 0 heterocycles. The van der Waals surface area contributed by atoms with Gasteiger partial charge in [-0.25, -0.2) is 0 Å². The molecule has 1 aromatic rings. The van der Waals surface area contributed by atoms with Crippen LogP contribution in [-0.4, -0.2) is 18.1 Å². The van der Waals surface area contributed by atoms with Crippen LogP contribution in [0.3, 0.4) is 0 Å². The van der Waals surface area contributed by atoms with Crippen molar-refractivity contribution in [1.29, 1.82) is 0 Å². The van der Waals surface area contributed by atoms with Gasteiger partial charge in [0, 0.05) is 11.1 Å². The number of carbonyl (C=O) groups excluding carboxylic acids is 1. The molecule has 0 unspecified atom stereocenters. The van der Waals surface area contributed by atoms with Gasteiger partial charge < -0.3 is 10.1 Å². The third kappa shape index (κ3) is 4.56. The van der Waals surface area contributed by atoms with Gasteiger partial charge in [-0.05, 0) is 54.9 Å². The number of rotatable bonds is 4. The van der Waals surface area contributed by atoms with Crippen molar-refractivity contribution in [2.45, 2.75) is 32.9 Å². The first-order valence-corrected chi connectivity index (χ1v) is 6.49. The van der Waals surface area contributed by atoms with E-state index < -0.39 is 6.10 Å². The second-order valence-corrected chi connectivity index (χ2v) is 5.29. The molecule has 3 nitrogen and oxygen atoms in total. The van der Waals surface area contributed by atoms with Crippen LogP contribution in [0.2, 0.25) is 5.02 Å². The Balaban J connectivity index is 2.67. The maximum absolute atomic E-state index is 11.7. The van der Waals surface area contributed by atoms with Crippen molar-refractivity contribution in [1.82, 2.24) is 5.32 Å². The standard InChI is InChI=1S/C12H15BrClNO2/c1-7(2)15-12(16)8(3)17-11-5-4-9(14)6-10(11)13/h4-8H,1-3H3,(H,15,16)/t8-/m0/s1. The van der Waals surface area contributed by atoms with Crippen molar-refractivity contribution in [3.05, 3.63) is 27.7 Å². The highest BCUT2D eigenvalue weighted by atomic mass is 79.9. The molecule has 0 bridgehead atoms. The van der Waals surface area contributed by atoms with Gasteiger partial charge in [0.1, 0.15) is 5.75 Å². The fourth-order valence-corrected chi connectivity index (χ4v) is 1.99. The normalized spacial score (nSPS) is 12.4. The number of ether oxygens (including phenoxy) is 1. The van der Waals surface area contributed by atoms with Crippen LogP contribution in [0.4, 0.5) is 0 Å². The maximum atomic E-state index is 11.7. The first-order valence-electron chi connectivity index (χ1n) is 5.32. The zero-order valence-corrected chi connectivity index (χ0v) is 12.3. The summed E-state index contributed by atoms with van der Waals surface area (Å²) in [5.41, 5.74) is 0. The predicted molar refractivity (Wildman–Crippen MR) is 72.5 cm³/mol. The lowest BCUT2D eigenvalue weighted by atomic mass is 10.3. The van der Waals surface area contributed by atoms with Gasteiger partial charge in [0.05, 0.1) is 4.47 Å². The lowest BCUT2D eigenvalue weighted by Crippen LogP contribution is -2.40. The Morgan fingerprint density at radius 1 is 1.41 bits per heavy atom. The van der Waals surface area contributed by atoms with Crippen LogP contribution >= 0.6 is 27.5 Å². The van der Waals surface area contributed by atoms with Crippen LogP contribution in [0.5, 0.6) is 5.75 Å². The topological polar surface area (TPSA) is 38.3 Å². The molecule has 0 saturated heterocycles. The third-order valence-electron chi connectivity index (χ3n) is 2.00. The van der Waals surface area contributed by atoms with E-state index in [1.54, 1.807) is 25.1 Å². The van der Waals surface area contributed by atoms with Crippen LogP contribution in [0.25, 0.3) is 0 Å². The summed E-state index contributed by atoms with van der Waals surface area (Å²) in [6.07, 6.45) is -0.546. The minimum atomic E-state index is -0.546. The largest absolute Gasteiger partial charge is 0.480 e. The summed E-state index contributed by atoms with van der Waals surface area (Å²) in [7, 11) is 0. The van der Waals surface area contributed by atoms with Gasteiger partial charge in [0.25, 0.3) is 5.91 Å². The summed E-state index contributed by atoms with van der Waals surface area (Å²) < 4.78 is 6.28. The molecule has 0 radical (unpaired) electrons. The van der Waals surface area contributed by atoms with Gasteiger partial charge in [-0.15, -0.1) is 0 Å². The fraction of sp³-hybridized carbons (Fsp3) is 0.417. The predicted octanol–water partition coefficient (Wildman–Crippen LogP) is 3.39. The van der Waals surface area contributed by atoms with Gasteiger partial charge in [-0.1, -0.05) is 11.6 Å². The number of hydrogen-bond donors (Lipinski definition) is 1. The lowest BCUT2D eigenvalue weighted by Gasteiger charge is -2.17. The molecular formula is C12H15BrClNO2. The maximum Gasteiger partial charge on any atom is 0.260 e. The highest BCUT2D eigenvalue weighted by Crippen LogP contribution is 2.28. The number of carbonyl (C=O) groups is 1. The van der Waals surface area contributed by atoms with Crippen molar-refractivity contribution in [2.24, 2.45) is 0 Å². The summed E-state index contributed by atoms with van der Waals surface area (Å²) in [6, 6.07) is 5.27. The molecule has 1 aromatic carbocycles. The molecule has 0 aliphatic carbocycles. The minimum absolute atomic E-state index is 0.0993. The van der Waals surface area contributed by atoms with Crippen molar-refractivity contribution in [3.63, 3.8) is 0 Å². The molecule has 0 spiro atoms. The first-order chi connectivity index (χ1) is 7.90. The van der Waals surface area contributed by atoms with E-state index in [1.165, 1.54) is 0 Å². The van der Waals surface area contributed by atoms with Crippen LogP contribution < -0.4 is 10.1 Å². The number of amides is 1. The van der Waals surface area contributed by atoms with E-state index in [9.17, 15) is 4.79 Å². The summed E-state index contributed by atoms with van der Waals surface area (Å²) in [6.45, 7) is 5.52. The number of nitrogens with one attached hydrogen (secondary N) is 1. The van der Waals surface area contributed by atoms with E-state index in [0.717, 1.165) is 4.47 Å². The Morgan fingerprint density at radius 3 is 2.59 bits per heavy atom. The Hall–Kier alpha value is -0.740. The van der Waals surface area contributed by atoms with Gasteiger partial charge in [-0.2, -0.15) is 0 Å². The summed E-state index contributed by atoms with van der Waals surface area (Å²) >= 11 is 9.15. The highest BCUT2D eigenvalue weighted by Gasteiger charge is 2.16. The van der Waals surface area contributed by atoms with Crippen LogP contribution in [0, 0.1) is 0 Å². The molecule has 0 aliphatic heterocycles. The van der Waals surface area contributed by atoms with E-state index in [1.807, 2.05) is 13.8 Å². The van der Waals surface area contributed by atoms with Gasteiger partial charge in [0.2, 0.25) is 0 Å². The van der Waals surface area contributed by atoms with E-state index in [-0.39, 0.29) is 11.9 Å². The summed E-state index contributed by atoms with van der Waals surface area (Å²) in [5.74, 6) is 0.461. The molecule has 0 aliphatic rings. The van der Waals surface area contributed by atoms with E-state index in [0.29, 0.717) is 10.8 Å². The summed E-state index contributed by atoms with van der Waals surface area (Å²) in [4.78, 5) is 11.7. The SMILES string of the molecule is CC(C)NC(=O)[C@H](C)Oc1ccc(Cl)cc1Br. The first kappa shape index (κ1) is 14.3. The van der Waals surface area contributed by atoms with E-state index >= 15 is 0 Å². The smallest absolute Gasteiger partial charge is 0.260 e.